The lowest BCUT2D eigenvalue weighted by atomic mass is 10.2. The van der Waals surface area contributed by atoms with Crippen molar-refractivity contribution in [2.45, 2.75) is 30.7 Å². The average molecular weight is 394 g/mol. The molecular formula is C17H16ClN3O2S2. The molecule has 1 aromatic carbocycles. The number of halogens is 1. The molecule has 0 radical (unpaired) electrons. The molecule has 0 spiro atoms. The Balaban J connectivity index is 1.49. The second-order valence-electron chi connectivity index (χ2n) is 6.30. The number of hydrogen-bond acceptors (Lipinski definition) is 5. The molecule has 4 rings (SSSR count). The molecule has 1 N–H and O–H groups in total. The Morgan fingerprint density at radius 2 is 2.16 bits per heavy atom. The predicted molar refractivity (Wildman–Crippen MR) is 102 cm³/mol. The van der Waals surface area contributed by atoms with Crippen LogP contribution in [-0.4, -0.2) is 38.4 Å². The highest BCUT2D eigenvalue weighted by Gasteiger charge is 2.52. The maximum absolute atomic E-state index is 12.7. The number of anilines is 1. The molecule has 130 valence electrons. The molecule has 2 atom stereocenters. The number of amides is 2. The van der Waals surface area contributed by atoms with Crippen molar-refractivity contribution in [3.05, 3.63) is 34.7 Å². The van der Waals surface area contributed by atoms with E-state index in [4.69, 9.17) is 11.6 Å². The van der Waals surface area contributed by atoms with Gasteiger partial charge in [0.1, 0.15) is 6.04 Å². The zero-order valence-corrected chi connectivity index (χ0v) is 15.9. The SMILES string of the molecule is C[C@]12CCC(=O)N1[C@H](C(=O)Nc1nc(-c3ccc(Cl)cc3)cs1)CS2. The Hall–Kier alpha value is -1.57. The minimum atomic E-state index is -0.423. The number of hydrogen-bond donors (Lipinski definition) is 1. The lowest BCUT2D eigenvalue weighted by Crippen LogP contribution is -2.48. The molecule has 3 heterocycles. The molecule has 0 bridgehead atoms. The van der Waals surface area contributed by atoms with E-state index in [1.807, 2.05) is 36.6 Å². The molecule has 8 heteroatoms. The van der Waals surface area contributed by atoms with Gasteiger partial charge in [0.2, 0.25) is 11.8 Å². The van der Waals surface area contributed by atoms with E-state index in [0.717, 1.165) is 17.7 Å². The molecule has 1 aromatic heterocycles. The first-order valence-electron chi connectivity index (χ1n) is 7.95. The van der Waals surface area contributed by atoms with Crippen molar-refractivity contribution in [3.8, 4) is 11.3 Å². The van der Waals surface area contributed by atoms with Crippen LogP contribution in [0.3, 0.4) is 0 Å². The second-order valence-corrected chi connectivity index (χ2v) is 9.10. The van der Waals surface area contributed by atoms with Crippen LogP contribution < -0.4 is 5.32 Å². The summed E-state index contributed by atoms with van der Waals surface area (Å²) < 4.78 is 0. The highest BCUT2D eigenvalue weighted by atomic mass is 35.5. The van der Waals surface area contributed by atoms with Crippen molar-refractivity contribution in [2.75, 3.05) is 11.1 Å². The summed E-state index contributed by atoms with van der Waals surface area (Å²) in [5, 5.41) is 5.98. The number of benzene rings is 1. The van der Waals surface area contributed by atoms with Crippen LogP contribution in [0.4, 0.5) is 5.13 Å². The van der Waals surface area contributed by atoms with Crippen LogP contribution in [0.25, 0.3) is 11.3 Å². The van der Waals surface area contributed by atoms with Gasteiger partial charge in [-0.2, -0.15) is 0 Å². The molecule has 2 aliphatic rings. The molecular weight excluding hydrogens is 378 g/mol. The molecule has 5 nitrogen and oxygen atoms in total. The van der Waals surface area contributed by atoms with E-state index >= 15 is 0 Å². The zero-order chi connectivity index (χ0) is 17.6. The number of thiazole rings is 1. The van der Waals surface area contributed by atoms with E-state index in [1.54, 1.807) is 16.7 Å². The van der Waals surface area contributed by atoms with Gasteiger partial charge in [0.25, 0.3) is 0 Å². The first-order chi connectivity index (χ1) is 12.0. The van der Waals surface area contributed by atoms with E-state index < -0.39 is 6.04 Å². The van der Waals surface area contributed by atoms with E-state index in [-0.39, 0.29) is 16.7 Å². The molecule has 0 unspecified atom stereocenters. The largest absolute Gasteiger partial charge is 0.315 e. The van der Waals surface area contributed by atoms with E-state index in [0.29, 0.717) is 22.3 Å². The zero-order valence-electron chi connectivity index (χ0n) is 13.5. The number of nitrogens with zero attached hydrogens (tertiary/aromatic N) is 2. The third-order valence-electron chi connectivity index (χ3n) is 4.62. The first kappa shape index (κ1) is 16.9. The summed E-state index contributed by atoms with van der Waals surface area (Å²) in [5.41, 5.74) is 1.74. The Morgan fingerprint density at radius 1 is 1.40 bits per heavy atom. The predicted octanol–water partition coefficient (Wildman–Crippen LogP) is 3.86. The number of fused-ring (bicyclic) bond motifs is 1. The Bertz CT molecular complexity index is 839. The van der Waals surface area contributed by atoms with Gasteiger partial charge in [-0.05, 0) is 25.5 Å². The van der Waals surface area contributed by atoms with Crippen LogP contribution in [0.1, 0.15) is 19.8 Å². The normalized spacial score (nSPS) is 25.3. The smallest absolute Gasteiger partial charge is 0.249 e. The summed E-state index contributed by atoms with van der Waals surface area (Å²) >= 11 is 8.96. The van der Waals surface area contributed by atoms with Crippen molar-refractivity contribution in [1.29, 1.82) is 0 Å². The third kappa shape index (κ3) is 3.05. The molecule has 0 aliphatic carbocycles. The van der Waals surface area contributed by atoms with Crippen LogP contribution in [-0.2, 0) is 9.59 Å². The highest BCUT2D eigenvalue weighted by Crippen LogP contribution is 2.47. The molecule has 25 heavy (non-hydrogen) atoms. The van der Waals surface area contributed by atoms with Crippen LogP contribution >= 0.6 is 34.7 Å². The number of thioether (sulfide) groups is 1. The monoisotopic (exact) mass is 393 g/mol. The van der Waals surface area contributed by atoms with Crippen molar-refractivity contribution < 1.29 is 9.59 Å². The minimum Gasteiger partial charge on any atom is -0.315 e. The van der Waals surface area contributed by atoms with Gasteiger partial charge in [-0.15, -0.1) is 23.1 Å². The fourth-order valence-electron chi connectivity index (χ4n) is 3.29. The maximum Gasteiger partial charge on any atom is 0.249 e. The second kappa shape index (κ2) is 6.30. The molecule has 0 saturated carbocycles. The number of carbonyl (C=O) groups excluding carboxylic acids is 2. The lowest BCUT2D eigenvalue weighted by Gasteiger charge is -2.29. The van der Waals surface area contributed by atoms with Crippen molar-refractivity contribution in [2.24, 2.45) is 0 Å². The van der Waals surface area contributed by atoms with Gasteiger partial charge in [-0.25, -0.2) is 4.98 Å². The van der Waals surface area contributed by atoms with E-state index in [1.165, 1.54) is 11.3 Å². The van der Waals surface area contributed by atoms with E-state index in [9.17, 15) is 9.59 Å². The van der Waals surface area contributed by atoms with Gasteiger partial charge in [0, 0.05) is 28.1 Å². The molecule has 2 saturated heterocycles. The van der Waals surface area contributed by atoms with Crippen molar-refractivity contribution in [1.82, 2.24) is 9.88 Å². The van der Waals surface area contributed by atoms with Crippen LogP contribution in [0.5, 0.6) is 0 Å². The van der Waals surface area contributed by atoms with Gasteiger partial charge in [0.15, 0.2) is 5.13 Å². The van der Waals surface area contributed by atoms with Crippen LogP contribution in [0.2, 0.25) is 5.02 Å². The summed E-state index contributed by atoms with van der Waals surface area (Å²) in [7, 11) is 0. The number of aromatic nitrogens is 1. The standard InChI is InChI=1S/C17H16ClN3O2S2/c1-17-7-6-14(22)21(17)13(9-25-17)15(23)20-16-19-12(8-24-16)10-2-4-11(18)5-3-10/h2-5,8,13H,6-7,9H2,1H3,(H,19,20,23)/t13-,17-/m0/s1. The Kier molecular flexibility index (Phi) is 4.25. The van der Waals surface area contributed by atoms with Gasteiger partial charge in [0.05, 0.1) is 10.6 Å². The molecule has 2 aromatic rings. The van der Waals surface area contributed by atoms with Gasteiger partial charge < -0.3 is 10.2 Å². The Labute approximate surface area is 158 Å². The summed E-state index contributed by atoms with van der Waals surface area (Å²) in [5.74, 6) is 0.529. The van der Waals surface area contributed by atoms with Gasteiger partial charge in [-0.3, -0.25) is 9.59 Å². The average Bonchev–Trinajstić information content (AvgIpc) is 3.25. The summed E-state index contributed by atoms with van der Waals surface area (Å²) in [6.07, 6.45) is 1.32. The number of carbonyl (C=O) groups is 2. The van der Waals surface area contributed by atoms with Crippen LogP contribution in [0, 0.1) is 0 Å². The van der Waals surface area contributed by atoms with Gasteiger partial charge >= 0.3 is 0 Å². The number of rotatable bonds is 3. The van der Waals surface area contributed by atoms with Gasteiger partial charge in [-0.1, -0.05) is 23.7 Å². The quantitative estimate of drug-likeness (QED) is 0.860. The summed E-state index contributed by atoms with van der Waals surface area (Å²) in [4.78, 5) is 30.8. The minimum absolute atomic E-state index is 0.0636. The Morgan fingerprint density at radius 3 is 2.92 bits per heavy atom. The van der Waals surface area contributed by atoms with Crippen molar-refractivity contribution in [3.63, 3.8) is 0 Å². The summed E-state index contributed by atoms with van der Waals surface area (Å²) in [6, 6.07) is 6.98. The lowest BCUT2D eigenvalue weighted by molar-refractivity contribution is -0.135. The highest BCUT2D eigenvalue weighted by molar-refractivity contribution is 8.01. The molecule has 2 fully saturated rings. The summed E-state index contributed by atoms with van der Waals surface area (Å²) in [6.45, 7) is 2.04. The first-order valence-corrected chi connectivity index (χ1v) is 10.2. The van der Waals surface area contributed by atoms with Crippen LogP contribution in [0.15, 0.2) is 29.6 Å². The fourth-order valence-corrected chi connectivity index (χ4v) is 5.57. The topological polar surface area (TPSA) is 62.3 Å². The molecule has 2 aliphatic heterocycles. The molecule has 2 amide bonds. The maximum atomic E-state index is 12.7. The fraction of sp³-hybridized carbons (Fsp3) is 0.353. The number of nitrogens with one attached hydrogen (secondary N) is 1. The van der Waals surface area contributed by atoms with Crippen molar-refractivity contribution >= 4 is 51.6 Å². The third-order valence-corrected chi connectivity index (χ3v) is 7.14. The van der Waals surface area contributed by atoms with E-state index in [2.05, 4.69) is 10.3 Å².